The molecule has 0 saturated heterocycles. The van der Waals surface area contributed by atoms with Crippen LogP contribution in [-0.2, 0) is 4.79 Å². The monoisotopic (exact) mass is 338 g/mol. The van der Waals surface area contributed by atoms with E-state index in [4.69, 9.17) is 27.9 Å². The molecule has 0 N–H and O–H groups in total. The molecule has 0 unspecified atom stereocenters. The van der Waals surface area contributed by atoms with Gasteiger partial charge in [0.1, 0.15) is 5.82 Å². The number of halogens is 3. The highest BCUT2D eigenvalue weighted by molar-refractivity contribution is 6.36. The smallest absolute Gasteiger partial charge is 0.336 e. The van der Waals surface area contributed by atoms with Gasteiger partial charge in [-0.15, -0.1) is 0 Å². The summed E-state index contributed by atoms with van der Waals surface area (Å²) in [5, 5.41) is 0.312. The van der Waals surface area contributed by atoms with E-state index >= 15 is 0 Å². The predicted molar refractivity (Wildman–Crippen MR) is 82.9 cm³/mol. The minimum Gasteiger partial charge on any atom is -0.421 e. The minimum atomic E-state index is -0.725. The summed E-state index contributed by atoms with van der Waals surface area (Å²) in [7, 11) is 0. The lowest BCUT2D eigenvalue weighted by atomic mass is 10.2. The zero-order valence-electron chi connectivity index (χ0n) is 11.1. The maximum Gasteiger partial charge on any atom is 0.336 e. The van der Waals surface area contributed by atoms with Crippen molar-refractivity contribution >= 4 is 41.5 Å². The molecule has 0 aliphatic heterocycles. The van der Waals surface area contributed by atoms with Crippen molar-refractivity contribution in [3.8, 4) is 5.75 Å². The largest absolute Gasteiger partial charge is 0.421 e. The fourth-order valence-electron chi connectivity index (χ4n) is 1.65. The van der Waals surface area contributed by atoms with Gasteiger partial charge in [-0.2, -0.15) is 0 Å². The van der Waals surface area contributed by atoms with Crippen molar-refractivity contribution in [3.05, 3.63) is 69.5 Å². The molecule has 2 rings (SSSR count). The topological polar surface area (TPSA) is 43.4 Å². The molecular weight excluding hydrogens is 330 g/mol. The lowest BCUT2D eigenvalue weighted by molar-refractivity contribution is -0.128. The Kier molecular flexibility index (Phi) is 5.31. The van der Waals surface area contributed by atoms with Gasteiger partial charge in [0, 0.05) is 11.1 Å². The Hall–Kier alpha value is -2.17. The van der Waals surface area contributed by atoms with Gasteiger partial charge in [0.15, 0.2) is 12.0 Å². The van der Waals surface area contributed by atoms with Crippen LogP contribution in [-0.4, -0.2) is 12.3 Å². The standard InChI is InChI=1S/C16H9Cl2FO3/c17-12-7-11(9-20)16(14(18)8-12)22-15(21)6-3-10-1-4-13(19)5-2-10/h1-9H/b6-3+. The molecule has 112 valence electrons. The van der Waals surface area contributed by atoms with E-state index in [1.165, 1.54) is 42.5 Å². The minimum absolute atomic E-state index is 0.0538. The molecule has 3 nitrogen and oxygen atoms in total. The summed E-state index contributed by atoms with van der Waals surface area (Å²) in [6.07, 6.45) is 3.09. The summed E-state index contributed by atoms with van der Waals surface area (Å²) >= 11 is 11.7. The van der Waals surface area contributed by atoms with Crippen LogP contribution >= 0.6 is 23.2 Å². The zero-order chi connectivity index (χ0) is 16.1. The number of carbonyl (C=O) groups excluding carboxylic acids is 2. The van der Waals surface area contributed by atoms with E-state index in [1.807, 2.05) is 0 Å². The van der Waals surface area contributed by atoms with Gasteiger partial charge in [-0.05, 0) is 35.9 Å². The first-order valence-corrected chi connectivity index (χ1v) is 6.85. The van der Waals surface area contributed by atoms with Gasteiger partial charge in [-0.1, -0.05) is 35.3 Å². The van der Waals surface area contributed by atoms with E-state index in [1.54, 1.807) is 0 Å². The molecule has 0 bridgehead atoms. The number of hydrogen-bond acceptors (Lipinski definition) is 3. The maximum atomic E-state index is 12.8. The first-order valence-electron chi connectivity index (χ1n) is 6.09. The third kappa shape index (κ3) is 4.16. The average Bonchev–Trinajstić information content (AvgIpc) is 2.49. The van der Waals surface area contributed by atoms with Crippen LogP contribution in [0.25, 0.3) is 6.08 Å². The first-order chi connectivity index (χ1) is 10.5. The lowest BCUT2D eigenvalue weighted by Gasteiger charge is -2.07. The van der Waals surface area contributed by atoms with Crippen LogP contribution in [0.1, 0.15) is 15.9 Å². The SMILES string of the molecule is O=Cc1cc(Cl)cc(Cl)c1OC(=O)/C=C/c1ccc(F)cc1. The van der Waals surface area contributed by atoms with Crippen LogP contribution in [0.3, 0.4) is 0 Å². The van der Waals surface area contributed by atoms with Crippen molar-refractivity contribution in [3.63, 3.8) is 0 Å². The number of rotatable bonds is 4. The van der Waals surface area contributed by atoms with Crippen LogP contribution in [0.15, 0.2) is 42.5 Å². The van der Waals surface area contributed by atoms with Crippen LogP contribution in [0.2, 0.25) is 10.0 Å². The maximum absolute atomic E-state index is 12.8. The second kappa shape index (κ2) is 7.20. The van der Waals surface area contributed by atoms with Crippen LogP contribution in [0.5, 0.6) is 5.75 Å². The predicted octanol–water partition coefficient (Wildman–Crippen LogP) is 4.56. The molecule has 0 heterocycles. The number of benzene rings is 2. The van der Waals surface area contributed by atoms with Crippen molar-refractivity contribution < 1.29 is 18.7 Å². The van der Waals surface area contributed by atoms with Gasteiger partial charge in [-0.3, -0.25) is 4.79 Å². The summed E-state index contributed by atoms with van der Waals surface area (Å²) in [4.78, 5) is 22.7. The highest BCUT2D eigenvalue weighted by atomic mass is 35.5. The summed E-state index contributed by atoms with van der Waals surface area (Å²) in [5.74, 6) is -1.16. The molecular formula is C16H9Cl2FO3. The van der Waals surface area contributed by atoms with Crippen molar-refractivity contribution in [1.29, 1.82) is 0 Å². The molecule has 6 heteroatoms. The van der Waals surface area contributed by atoms with Crippen LogP contribution < -0.4 is 4.74 Å². The molecule has 0 fully saturated rings. The Morgan fingerprint density at radius 3 is 2.45 bits per heavy atom. The molecule has 0 radical (unpaired) electrons. The van der Waals surface area contributed by atoms with E-state index in [9.17, 15) is 14.0 Å². The average molecular weight is 339 g/mol. The zero-order valence-corrected chi connectivity index (χ0v) is 12.6. The van der Waals surface area contributed by atoms with Crippen LogP contribution in [0, 0.1) is 5.82 Å². The second-order valence-corrected chi connectivity index (χ2v) is 5.07. The van der Waals surface area contributed by atoms with Crippen molar-refractivity contribution in [2.24, 2.45) is 0 Å². The van der Waals surface area contributed by atoms with Crippen LogP contribution in [0.4, 0.5) is 4.39 Å². The molecule has 0 amide bonds. The summed E-state index contributed by atoms with van der Waals surface area (Å²) in [5.41, 5.74) is 0.692. The van der Waals surface area contributed by atoms with Gasteiger partial charge in [0.05, 0.1) is 10.6 Å². The van der Waals surface area contributed by atoms with Crippen molar-refractivity contribution in [1.82, 2.24) is 0 Å². The molecule has 0 aromatic heterocycles. The van der Waals surface area contributed by atoms with E-state index in [-0.39, 0.29) is 27.2 Å². The number of aldehydes is 1. The first kappa shape index (κ1) is 16.2. The van der Waals surface area contributed by atoms with Gasteiger partial charge in [0.2, 0.25) is 0 Å². The number of esters is 1. The highest BCUT2D eigenvalue weighted by Crippen LogP contribution is 2.31. The van der Waals surface area contributed by atoms with E-state index in [0.717, 1.165) is 6.08 Å². The van der Waals surface area contributed by atoms with Gasteiger partial charge >= 0.3 is 5.97 Å². The van der Waals surface area contributed by atoms with Crippen molar-refractivity contribution in [2.45, 2.75) is 0 Å². The van der Waals surface area contributed by atoms with E-state index in [2.05, 4.69) is 0 Å². The summed E-state index contributed by atoms with van der Waals surface area (Å²) < 4.78 is 17.8. The highest BCUT2D eigenvalue weighted by Gasteiger charge is 2.13. The quantitative estimate of drug-likeness (QED) is 0.355. The molecule has 0 atom stereocenters. The summed E-state index contributed by atoms with van der Waals surface area (Å²) in [6, 6.07) is 8.25. The Balaban J connectivity index is 2.15. The summed E-state index contributed by atoms with van der Waals surface area (Å²) in [6.45, 7) is 0. The molecule has 0 spiro atoms. The third-order valence-corrected chi connectivity index (χ3v) is 3.15. The Morgan fingerprint density at radius 1 is 1.14 bits per heavy atom. The normalized spacial score (nSPS) is 10.7. The lowest BCUT2D eigenvalue weighted by Crippen LogP contribution is -2.06. The Bertz CT molecular complexity index is 740. The van der Waals surface area contributed by atoms with Crippen molar-refractivity contribution in [2.75, 3.05) is 0 Å². The molecule has 22 heavy (non-hydrogen) atoms. The third-order valence-electron chi connectivity index (χ3n) is 2.65. The number of hydrogen-bond donors (Lipinski definition) is 0. The number of carbonyl (C=O) groups is 2. The molecule has 0 aliphatic rings. The molecule has 2 aromatic carbocycles. The second-order valence-electron chi connectivity index (χ2n) is 4.23. The fourth-order valence-corrected chi connectivity index (χ4v) is 2.20. The Morgan fingerprint density at radius 2 is 1.82 bits per heavy atom. The molecule has 2 aromatic rings. The number of ether oxygens (including phenoxy) is 1. The van der Waals surface area contributed by atoms with Gasteiger partial charge in [-0.25, -0.2) is 9.18 Å². The van der Waals surface area contributed by atoms with E-state index < -0.39 is 5.97 Å². The Labute approximate surface area is 135 Å². The fraction of sp³-hybridized carbons (Fsp3) is 0. The van der Waals surface area contributed by atoms with Gasteiger partial charge < -0.3 is 4.74 Å². The van der Waals surface area contributed by atoms with E-state index in [0.29, 0.717) is 11.8 Å². The molecule has 0 saturated carbocycles. The van der Waals surface area contributed by atoms with Gasteiger partial charge in [0.25, 0.3) is 0 Å². The molecule has 0 aliphatic carbocycles.